The summed E-state index contributed by atoms with van der Waals surface area (Å²) in [6.07, 6.45) is 2.17. The molecule has 33 heavy (non-hydrogen) atoms. The molecule has 4 aromatic rings. The van der Waals surface area contributed by atoms with Gasteiger partial charge < -0.3 is 14.5 Å². The van der Waals surface area contributed by atoms with Gasteiger partial charge in [0.25, 0.3) is 5.91 Å². The highest BCUT2D eigenvalue weighted by atomic mass is 35.5. The third kappa shape index (κ3) is 6.44. The van der Waals surface area contributed by atoms with Gasteiger partial charge in [0.15, 0.2) is 5.76 Å². The smallest absolute Gasteiger partial charge is 0.291 e. The molecule has 4 nitrogen and oxygen atoms in total. The summed E-state index contributed by atoms with van der Waals surface area (Å²) in [7, 11) is 0. The lowest BCUT2D eigenvalue weighted by atomic mass is 10.1. The zero-order valence-electron chi connectivity index (χ0n) is 18.2. The SMILES string of the molecule is CCCc1ccc(OCc2ccc(C(=O)Nc3ccccc3Sc3ccc(Cl)cc3)o2)cc1. The predicted octanol–water partition coefficient (Wildman–Crippen LogP) is 7.87. The molecule has 0 saturated carbocycles. The van der Waals surface area contributed by atoms with Crippen LogP contribution in [0.5, 0.6) is 5.75 Å². The molecule has 0 atom stereocenters. The standard InChI is InChI=1S/C27H24ClNO3S/c1-2-5-19-8-12-21(13-9-19)31-18-22-14-17-25(32-22)27(30)29-24-6-3-4-7-26(24)33-23-15-10-20(28)11-16-23/h3-4,6-17H,2,5,18H2,1H3,(H,29,30). The Morgan fingerprint density at radius 3 is 2.48 bits per heavy atom. The van der Waals surface area contributed by atoms with Crippen LogP contribution in [0.15, 0.2) is 99.1 Å². The average Bonchev–Trinajstić information content (AvgIpc) is 3.31. The van der Waals surface area contributed by atoms with E-state index in [-0.39, 0.29) is 18.3 Å². The minimum absolute atomic E-state index is 0.234. The molecule has 0 spiro atoms. The Morgan fingerprint density at radius 2 is 1.73 bits per heavy atom. The molecule has 3 aromatic carbocycles. The molecule has 0 aliphatic heterocycles. The van der Waals surface area contributed by atoms with E-state index in [1.807, 2.05) is 60.7 Å². The molecule has 1 N–H and O–H groups in total. The first-order valence-corrected chi connectivity index (χ1v) is 11.9. The van der Waals surface area contributed by atoms with Gasteiger partial charge in [-0.2, -0.15) is 0 Å². The van der Waals surface area contributed by atoms with E-state index in [9.17, 15) is 4.79 Å². The highest BCUT2D eigenvalue weighted by Crippen LogP contribution is 2.34. The van der Waals surface area contributed by atoms with E-state index < -0.39 is 0 Å². The highest BCUT2D eigenvalue weighted by molar-refractivity contribution is 7.99. The summed E-state index contributed by atoms with van der Waals surface area (Å²) in [6.45, 7) is 2.41. The lowest BCUT2D eigenvalue weighted by molar-refractivity contribution is 0.0992. The number of halogens is 1. The maximum absolute atomic E-state index is 12.8. The first-order chi connectivity index (χ1) is 16.1. The summed E-state index contributed by atoms with van der Waals surface area (Å²) in [4.78, 5) is 14.7. The van der Waals surface area contributed by atoms with Gasteiger partial charge in [-0.1, -0.05) is 61.0 Å². The van der Waals surface area contributed by atoms with Crippen LogP contribution in [0.4, 0.5) is 5.69 Å². The number of ether oxygens (including phenoxy) is 1. The van der Waals surface area contributed by atoms with Crippen molar-refractivity contribution >= 4 is 35.0 Å². The molecule has 4 rings (SSSR count). The molecule has 0 fully saturated rings. The van der Waals surface area contributed by atoms with Crippen molar-refractivity contribution in [3.63, 3.8) is 0 Å². The maximum Gasteiger partial charge on any atom is 0.291 e. The second-order valence-electron chi connectivity index (χ2n) is 7.45. The number of carbonyl (C=O) groups excluding carboxylic acids is 1. The van der Waals surface area contributed by atoms with Crippen LogP contribution in [0.1, 0.15) is 35.2 Å². The van der Waals surface area contributed by atoms with Crippen LogP contribution in [0.2, 0.25) is 5.02 Å². The van der Waals surface area contributed by atoms with Gasteiger partial charge in [-0.25, -0.2) is 0 Å². The number of aryl methyl sites for hydroxylation is 1. The maximum atomic E-state index is 12.8. The number of para-hydroxylation sites is 1. The second-order valence-corrected chi connectivity index (χ2v) is 9.01. The minimum atomic E-state index is -0.311. The number of benzene rings is 3. The number of furan rings is 1. The Balaban J connectivity index is 1.37. The van der Waals surface area contributed by atoms with Gasteiger partial charge >= 0.3 is 0 Å². The fourth-order valence-electron chi connectivity index (χ4n) is 3.25. The van der Waals surface area contributed by atoms with Crippen LogP contribution in [0, 0.1) is 0 Å². The number of hydrogen-bond acceptors (Lipinski definition) is 4. The van der Waals surface area contributed by atoms with Crippen molar-refractivity contribution in [3.8, 4) is 5.75 Å². The van der Waals surface area contributed by atoms with Gasteiger partial charge in [0.05, 0.1) is 5.69 Å². The molecule has 0 aliphatic rings. The number of rotatable bonds is 9. The fraction of sp³-hybridized carbons (Fsp3) is 0.148. The number of nitrogens with one attached hydrogen (secondary N) is 1. The predicted molar refractivity (Wildman–Crippen MR) is 133 cm³/mol. The van der Waals surface area contributed by atoms with Crippen LogP contribution in [-0.2, 0) is 13.0 Å². The second kappa shape index (κ2) is 11.1. The summed E-state index contributed by atoms with van der Waals surface area (Å²) in [6, 6.07) is 26.7. The number of carbonyl (C=O) groups is 1. The molecule has 1 amide bonds. The van der Waals surface area contributed by atoms with E-state index in [0.29, 0.717) is 16.5 Å². The van der Waals surface area contributed by atoms with Crippen LogP contribution in [0.3, 0.4) is 0 Å². The summed E-state index contributed by atoms with van der Waals surface area (Å²) in [5, 5.41) is 3.63. The normalized spacial score (nSPS) is 10.7. The first kappa shape index (κ1) is 23.0. The molecule has 0 bridgehead atoms. The molecule has 0 saturated heterocycles. The van der Waals surface area contributed by atoms with Crippen LogP contribution in [-0.4, -0.2) is 5.91 Å². The van der Waals surface area contributed by atoms with Crippen molar-refractivity contribution in [1.29, 1.82) is 0 Å². The lowest BCUT2D eigenvalue weighted by Gasteiger charge is -2.10. The van der Waals surface area contributed by atoms with E-state index in [2.05, 4.69) is 24.4 Å². The van der Waals surface area contributed by atoms with Gasteiger partial charge in [0.1, 0.15) is 18.1 Å². The molecule has 0 aliphatic carbocycles. The van der Waals surface area contributed by atoms with E-state index >= 15 is 0 Å². The highest BCUT2D eigenvalue weighted by Gasteiger charge is 2.14. The number of amides is 1. The largest absolute Gasteiger partial charge is 0.486 e. The van der Waals surface area contributed by atoms with Crippen molar-refractivity contribution < 1.29 is 13.9 Å². The van der Waals surface area contributed by atoms with Crippen LogP contribution < -0.4 is 10.1 Å². The molecule has 6 heteroatoms. The molecule has 0 radical (unpaired) electrons. The van der Waals surface area contributed by atoms with Crippen LogP contribution in [0.25, 0.3) is 0 Å². The molecule has 168 valence electrons. The topological polar surface area (TPSA) is 51.5 Å². The van der Waals surface area contributed by atoms with E-state index in [1.54, 1.807) is 23.9 Å². The van der Waals surface area contributed by atoms with Gasteiger partial charge in [0, 0.05) is 14.8 Å². The number of anilines is 1. The van der Waals surface area contributed by atoms with Crippen molar-refractivity contribution in [1.82, 2.24) is 0 Å². The molecular formula is C27H24ClNO3S. The summed E-state index contributed by atoms with van der Waals surface area (Å²) < 4.78 is 11.5. The Labute approximate surface area is 202 Å². The molecule has 1 aromatic heterocycles. The van der Waals surface area contributed by atoms with Gasteiger partial charge in [-0.3, -0.25) is 4.79 Å². The Kier molecular flexibility index (Phi) is 7.76. The summed E-state index contributed by atoms with van der Waals surface area (Å²) in [5.74, 6) is 1.28. The minimum Gasteiger partial charge on any atom is -0.486 e. The average molecular weight is 478 g/mol. The monoisotopic (exact) mass is 477 g/mol. The molecule has 1 heterocycles. The molecule has 0 unspecified atom stereocenters. The van der Waals surface area contributed by atoms with E-state index in [4.69, 9.17) is 20.8 Å². The van der Waals surface area contributed by atoms with E-state index in [0.717, 1.165) is 28.4 Å². The van der Waals surface area contributed by atoms with Crippen molar-refractivity contribution in [2.45, 2.75) is 36.2 Å². The van der Waals surface area contributed by atoms with Crippen molar-refractivity contribution in [3.05, 3.63) is 107 Å². The summed E-state index contributed by atoms with van der Waals surface area (Å²) >= 11 is 7.52. The van der Waals surface area contributed by atoms with Crippen molar-refractivity contribution in [2.75, 3.05) is 5.32 Å². The third-order valence-electron chi connectivity index (χ3n) is 4.91. The fourth-order valence-corrected chi connectivity index (χ4v) is 4.27. The van der Waals surface area contributed by atoms with Gasteiger partial charge in [-0.05, 0) is 72.6 Å². The zero-order chi connectivity index (χ0) is 23.0. The van der Waals surface area contributed by atoms with E-state index in [1.165, 1.54) is 5.56 Å². The molecular weight excluding hydrogens is 454 g/mol. The van der Waals surface area contributed by atoms with Crippen molar-refractivity contribution in [2.24, 2.45) is 0 Å². The van der Waals surface area contributed by atoms with Crippen LogP contribution >= 0.6 is 23.4 Å². The number of hydrogen-bond donors (Lipinski definition) is 1. The zero-order valence-corrected chi connectivity index (χ0v) is 19.8. The summed E-state index contributed by atoms with van der Waals surface area (Å²) in [5.41, 5.74) is 2.00. The Morgan fingerprint density at radius 1 is 0.970 bits per heavy atom. The quantitative estimate of drug-likeness (QED) is 0.266. The Hall–Kier alpha value is -3.15. The third-order valence-corrected chi connectivity index (χ3v) is 6.24. The first-order valence-electron chi connectivity index (χ1n) is 10.7. The van der Waals surface area contributed by atoms with Gasteiger partial charge in [-0.15, -0.1) is 0 Å². The lowest BCUT2D eigenvalue weighted by Crippen LogP contribution is -2.11. The van der Waals surface area contributed by atoms with Gasteiger partial charge in [0.2, 0.25) is 0 Å². The Bertz CT molecular complexity index is 1200.